The highest BCUT2D eigenvalue weighted by atomic mass is 32.2. The number of carboxylic acid groups (broad SMARTS) is 1. The van der Waals surface area contributed by atoms with Gasteiger partial charge in [-0.05, 0) is 18.1 Å². The van der Waals surface area contributed by atoms with E-state index in [1.165, 1.54) is 10.5 Å². The number of hydrogen-bond acceptors (Lipinski definition) is 3. The van der Waals surface area contributed by atoms with Gasteiger partial charge in [-0.15, -0.1) is 11.8 Å². The van der Waals surface area contributed by atoms with Gasteiger partial charge in [-0.3, -0.25) is 9.00 Å². The maximum atomic E-state index is 11.9. The number of benzene rings is 1. The summed E-state index contributed by atoms with van der Waals surface area (Å²) in [6.45, 7) is 1.61. The van der Waals surface area contributed by atoms with Crippen LogP contribution >= 0.6 is 11.8 Å². The number of aliphatic carboxylic acids is 1. The summed E-state index contributed by atoms with van der Waals surface area (Å²) in [4.78, 5) is 12.0. The first-order valence-corrected chi connectivity index (χ1v) is 8.25. The highest BCUT2D eigenvalue weighted by Gasteiger charge is 2.25. The van der Waals surface area contributed by atoms with Crippen LogP contribution in [0.1, 0.15) is 12.5 Å². The molecule has 0 saturated carbocycles. The molecule has 0 spiro atoms. The Bertz CT molecular complexity index is 448. The molecule has 1 aliphatic heterocycles. The number of rotatable bonds is 5. The largest absolute Gasteiger partial charge is 0.481 e. The Morgan fingerprint density at radius 2 is 2.28 bits per heavy atom. The van der Waals surface area contributed by atoms with Gasteiger partial charge in [-0.2, -0.15) is 0 Å². The number of fused-ring (bicyclic) bond motifs is 1. The summed E-state index contributed by atoms with van der Waals surface area (Å²) in [5.74, 6) is -0.565. The van der Waals surface area contributed by atoms with Gasteiger partial charge in [0.1, 0.15) is 0 Å². The van der Waals surface area contributed by atoms with Crippen molar-refractivity contribution in [1.82, 2.24) is 0 Å². The number of carboxylic acids is 1. The maximum Gasteiger partial charge on any atom is 0.307 e. The first-order chi connectivity index (χ1) is 8.56. The molecule has 0 saturated heterocycles. The van der Waals surface area contributed by atoms with Gasteiger partial charge in [-0.1, -0.05) is 25.1 Å². The van der Waals surface area contributed by atoms with E-state index < -0.39 is 22.7 Å². The third-order valence-corrected chi connectivity index (χ3v) is 6.12. The third-order valence-electron chi connectivity index (χ3n) is 2.94. The van der Waals surface area contributed by atoms with E-state index in [9.17, 15) is 9.00 Å². The normalized spacial score (nSPS) is 21.3. The van der Waals surface area contributed by atoms with Crippen molar-refractivity contribution in [3.63, 3.8) is 0 Å². The third kappa shape index (κ3) is 3.36. The van der Waals surface area contributed by atoms with E-state index in [1.54, 1.807) is 18.7 Å². The van der Waals surface area contributed by atoms with E-state index in [4.69, 9.17) is 5.11 Å². The SMILES string of the molecule is CC(CS(=O)CC1Cc2ccccc2S1)C(=O)O. The average molecular weight is 284 g/mol. The molecule has 0 aromatic heterocycles. The van der Waals surface area contributed by atoms with Gasteiger partial charge in [0, 0.05) is 32.5 Å². The van der Waals surface area contributed by atoms with Crippen LogP contribution in [0.3, 0.4) is 0 Å². The number of carbonyl (C=O) groups is 1. The fourth-order valence-electron chi connectivity index (χ4n) is 1.97. The predicted octanol–water partition coefficient (Wildman–Crippen LogP) is 2.17. The lowest BCUT2D eigenvalue weighted by Crippen LogP contribution is -2.22. The highest BCUT2D eigenvalue weighted by molar-refractivity contribution is 8.01. The fraction of sp³-hybridized carbons (Fsp3) is 0.462. The molecule has 0 amide bonds. The Morgan fingerprint density at radius 3 is 2.94 bits per heavy atom. The van der Waals surface area contributed by atoms with Gasteiger partial charge >= 0.3 is 5.97 Å². The summed E-state index contributed by atoms with van der Waals surface area (Å²) in [6, 6.07) is 8.22. The Morgan fingerprint density at radius 1 is 1.56 bits per heavy atom. The Balaban J connectivity index is 1.86. The minimum Gasteiger partial charge on any atom is -0.481 e. The minimum absolute atomic E-state index is 0.253. The molecule has 98 valence electrons. The first kappa shape index (κ1) is 13.6. The van der Waals surface area contributed by atoms with E-state index in [2.05, 4.69) is 12.1 Å². The highest BCUT2D eigenvalue weighted by Crippen LogP contribution is 2.37. The molecular formula is C13H16O3S2. The van der Waals surface area contributed by atoms with Crippen LogP contribution in [-0.4, -0.2) is 32.0 Å². The van der Waals surface area contributed by atoms with Crippen molar-refractivity contribution in [2.24, 2.45) is 5.92 Å². The number of hydrogen-bond donors (Lipinski definition) is 1. The molecule has 0 radical (unpaired) electrons. The Kier molecular flexibility index (Phi) is 4.45. The zero-order valence-corrected chi connectivity index (χ0v) is 11.8. The second-order valence-electron chi connectivity index (χ2n) is 4.56. The van der Waals surface area contributed by atoms with Crippen LogP contribution in [0.4, 0.5) is 0 Å². The van der Waals surface area contributed by atoms with Crippen LogP contribution in [0.2, 0.25) is 0 Å². The topological polar surface area (TPSA) is 54.4 Å². The van der Waals surface area contributed by atoms with Gasteiger partial charge in [0.25, 0.3) is 0 Å². The van der Waals surface area contributed by atoms with Crippen LogP contribution in [0, 0.1) is 5.92 Å². The van der Waals surface area contributed by atoms with Crippen molar-refractivity contribution >= 4 is 28.5 Å². The van der Waals surface area contributed by atoms with Gasteiger partial charge in [0.15, 0.2) is 0 Å². The second kappa shape index (κ2) is 5.89. The van der Waals surface area contributed by atoms with Gasteiger partial charge in [-0.25, -0.2) is 0 Å². The molecule has 1 N–H and O–H groups in total. The molecule has 5 heteroatoms. The Hall–Kier alpha value is -0.810. The average Bonchev–Trinajstić information content (AvgIpc) is 2.70. The van der Waals surface area contributed by atoms with Crippen molar-refractivity contribution < 1.29 is 14.1 Å². The summed E-state index contributed by atoms with van der Waals surface area (Å²) in [5.41, 5.74) is 1.32. The maximum absolute atomic E-state index is 11.9. The molecule has 1 heterocycles. The molecule has 0 aliphatic carbocycles. The molecule has 1 aromatic carbocycles. The summed E-state index contributed by atoms with van der Waals surface area (Å²) in [7, 11) is -1.05. The van der Waals surface area contributed by atoms with Gasteiger partial charge < -0.3 is 5.11 Å². The van der Waals surface area contributed by atoms with E-state index >= 15 is 0 Å². The molecule has 18 heavy (non-hydrogen) atoms. The van der Waals surface area contributed by atoms with Crippen LogP contribution < -0.4 is 0 Å². The fourth-order valence-corrected chi connectivity index (χ4v) is 5.15. The van der Waals surface area contributed by atoms with Crippen LogP contribution in [0.25, 0.3) is 0 Å². The van der Waals surface area contributed by atoms with Crippen LogP contribution in [0.15, 0.2) is 29.2 Å². The summed E-state index contributed by atoms with van der Waals surface area (Å²) >= 11 is 1.76. The molecule has 1 aliphatic rings. The second-order valence-corrected chi connectivity index (χ2v) is 7.45. The smallest absolute Gasteiger partial charge is 0.307 e. The van der Waals surface area contributed by atoms with E-state index in [0.29, 0.717) is 11.0 Å². The Labute approximate surface area is 113 Å². The number of thioether (sulfide) groups is 1. The van der Waals surface area contributed by atoms with Crippen molar-refractivity contribution in [1.29, 1.82) is 0 Å². The zero-order valence-electron chi connectivity index (χ0n) is 10.2. The van der Waals surface area contributed by atoms with Crippen molar-refractivity contribution in [3.8, 4) is 0 Å². The standard InChI is InChI=1S/C13H16O3S2/c1-9(13(14)15)7-18(16)8-11-6-10-4-2-3-5-12(10)17-11/h2-5,9,11H,6-8H2,1H3,(H,14,15). The lowest BCUT2D eigenvalue weighted by molar-refractivity contribution is -0.140. The quantitative estimate of drug-likeness (QED) is 0.900. The van der Waals surface area contributed by atoms with E-state index in [1.807, 2.05) is 12.1 Å². The monoisotopic (exact) mass is 284 g/mol. The van der Waals surface area contributed by atoms with Crippen molar-refractivity contribution in [2.75, 3.05) is 11.5 Å². The molecule has 0 bridgehead atoms. The molecule has 2 rings (SSSR count). The first-order valence-electron chi connectivity index (χ1n) is 5.88. The molecule has 3 atom stereocenters. The van der Waals surface area contributed by atoms with Crippen LogP contribution in [-0.2, 0) is 22.0 Å². The lowest BCUT2D eigenvalue weighted by atomic mass is 10.1. The van der Waals surface area contributed by atoms with E-state index in [-0.39, 0.29) is 5.75 Å². The van der Waals surface area contributed by atoms with Crippen molar-refractivity contribution in [3.05, 3.63) is 29.8 Å². The minimum atomic E-state index is -1.05. The summed E-state index contributed by atoms with van der Waals surface area (Å²) < 4.78 is 11.9. The van der Waals surface area contributed by atoms with Gasteiger partial charge in [0.2, 0.25) is 0 Å². The van der Waals surface area contributed by atoms with E-state index in [0.717, 1.165) is 6.42 Å². The van der Waals surface area contributed by atoms with Crippen molar-refractivity contribution in [2.45, 2.75) is 23.5 Å². The summed E-state index contributed by atoms with van der Waals surface area (Å²) in [5, 5.41) is 9.12. The predicted molar refractivity (Wildman–Crippen MR) is 74.5 cm³/mol. The zero-order chi connectivity index (χ0) is 13.1. The molecule has 1 aromatic rings. The summed E-state index contributed by atoms with van der Waals surface area (Å²) in [6.07, 6.45) is 0.939. The van der Waals surface area contributed by atoms with Crippen LogP contribution in [0.5, 0.6) is 0 Å². The molecule has 0 fully saturated rings. The lowest BCUT2D eigenvalue weighted by Gasteiger charge is -2.10. The van der Waals surface area contributed by atoms with Gasteiger partial charge in [0.05, 0.1) is 5.92 Å². The molecule has 3 unspecified atom stereocenters. The molecular weight excluding hydrogens is 268 g/mol. The molecule has 3 nitrogen and oxygen atoms in total.